The van der Waals surface area contributed by atoms with Crippen LogP contribution in [0.4, 0.5) is 0 Å². The van der Waals surface area contributed by atoms with Crippen LogP contribution in [0.2, 0.25) is 5.02 Å². The molecule has 0 aliphatic rings. The van der Waals surface area contributed by atoms with Gasteiger partial charge in [0.05, 0.1) is 11.1 Å². The summed E-state index contributed by atoms with van der Waals surface area (Å²) in [6.45, 7) is 9.05. The minimum absolute atomic E-state index is 0.176. The maximum Gasteiger partial charge on any atom is 0.213 e. The Morgan fingerprint density at radius 2 is 2.12 bits per heavy atom. The molecule has 17 heavy (non-hydrogen) atoms. The number of halogens is 1. The lowest BCUT2D eigenvalue weighted by Crippen LogP contribution is -2.22. The lowest BCUT2D eigenvalue weighted by Gasteiger charge is -2.14. The fourth-order valence-corrected chi connectivity index (χ4v) is 1.43. The Bertz CT molecular complexity index is 355. The second kappa shape index (κ2) is 6.82. The molecule has 0 spiro atoms. The molecule has 1 atom stereocenters. The quantitative estimate of drug-likeness (QED) is 0.847. The van der Waals surface area contributed by atoms with Crippen LogP contribution in [-0.4, -0.2) is 17.1 Å². The Morgan fingerprint density at radius 3 is 2.71 bits per heavy atom. The van der Waals surface area contributed by atoms with Gasteiger partial charge in [0.2, 0.25) is 5.88 Å². The highest BCUT2D eigenvalue weighted by atomic mass is 35.5. The Hall–Kier alpha value is -0.800. The normalized spacial score (nSPS) is 12.8. The first-order valence-corrected chi connectivity index (χ1v) is 6.45. The smallest absolute Gasteiger partial charge is 0.213 e. The zero-order valence-electron chi connectivity index (χ0n) is 11.0. The van der Waals surface area contributed by atoms with E-state index in [2.05, 4.69) is 31.1 Å². The first-order valence-electron chi connectivity index (χ1n) is 6.07. The van der Waals surface area contributed by atoms with Gasteiger partial charge in [0.15, 0.2) is 0 Å². The van der Waals surface area contributed by atoms with Gasteiger partial charge in [-0.1, -0.05) is 32.4 Å². The molecule has 1 heterocycles. The van der Waals surface area contributed by atoms with E-state index in [1.165, 1.54) is 0 Å². The molecule has 0 aliphatic carbocycles. The highest BCUT2D eigenvalue weighted by Crippen LogP contribution is 2.20. The molecule has 0 radical (unpaired) electrons. The zero-order valence-corrected chi connectivity index (χ0v) is 11.7. The molecule has 0 fully saturated rings. The molecule has 1 unspecified atom stereocenters. The predicted octanol–water partition coefficient (Wildman–Crippen LogP) is 3.41. The Balaban J connectivity index is 2.72. The largest absolute Gasteiger partial charge is 0.475 e. The van der Waals surface area contributed by atoms with E-state index in [9.17, 15) is 0 Å². The van der Waals surface area contributed by atoms with Crippen molar-refractivity contribution in [2.24, 2.45) is 0 Å². The van der Waals surface area contributed by atoms with Crippen LogP contribution in [0, 0.1) is 0 Å². The average molecular weight is 257 g/mol. The highest BCUT2D eigenvalue weighted by molar-refractivity contribution is 6.31. The van der Waals surface area contributed by atoms with Gasteiger partial charge in [-0.15, -0.1) is 0 Å². The average Bonchev–Trinajstić information content (AvgIpc) is 2.29. The summed E-state index contributed by atoms with van der Waals surface area (Å²) in [5, 5.41) is 4.00. The summed E-state index contributed by atoms with van der Waals surface area (Å²) in [5.74, 6) is 0.643. The first-order chi connectivity index (χ1) is 8.02. The van der Waals surface area contributed by atoms with Crippen molar-refractivity contribution < 1.29 is 4.74 Å². The zero-order chi connectivity index (χ0) is 12.8. The maximum absolute atomic E-state index is 6.09. The maximum atomic E-state index is 6.09. The molecule has 1 N–H and O–H groups in total. The lowest BCUT2D eigenvalue weighted by molar-refractivity contribution is 0.208. The van der Waals surface area contributed by atoms with E-state index in [0.29, 0.717) is 16.9 Å². The van der Waals surface area contributed by atoms with Gasteiger partial charge < -0.3 is 10.1 Å². The molecule has 1 rings (SSSR count). The van der Waals surface area contributed by atoms with Crippen LogP contribution < -0.4 is 10.1 Å². The number of nitrogens with zero attached hydrogens (tertiary/aromatic N) is 1. The number of ether oxygens (including phenoxy) is 1. The standard InChI is InChI=1S/C13H21ClN2O/c1-5-10(4)17-13-6-11(7-15-9(2)3)12(14)8-16-13/h6,8-10,15H,5,7H2,1-4H3. The van der Waals surface area contributed by atoms with Crippen molar-refractivity contribution in [3.05, 3.63) is 22.8 Å². The fourth-order valence-electron chi connectivity index (χ4n) is 1.26. The van der Waals surface area contributed by atoms with E-state index >= 15 is 0 Å². The summed E-state index contributed by atoms with van der Waals surface area (Å²) in [6, 6.07) is 2.34. The molecule has 0 amide bonds. The van der Waals surface area contributed by atoms with Crippen LogP contribution in [0.15, 0.2) is 12.3 Å². The van der Waals surface area contributed by atoms with Crippen LogP contribution >= 0.6 is 11.6 Å². The van der Waals surface area contributed by atoms with Gasteiger partial charge in [-0.2, -0.15) is 0 Å². The third-order valence-corrected chi connectivity index (χ3v) is 2.85. The summed E-state index contributed by atoms with van der Waals surface area (Å²) in [7, 11) is 0. The van der Waals surface area contributed by atoms with Crippen LogP contribution in [0.5, 0.6) is 5.88 Å². The molecule has 1 aromatic rings. The Labute approximate surface area is 109 Å². The van der Waals surface area contributed by atoms with Gasteiger partial charge in [0.1, 0.15) is 0 Å². The number of nitrogens with one attached hydrogen (secondary N) is 1. The molecule has 0 bridgehead atoms. The van der Waals surface area contributed by atoms with Gasteiger partial charge in [0, 0.05) is 24.8 Å². The first kappa shape index (κ1) is 14.3. The van der Waals surface area contributed by atoms with Crippen LogP contribution in [0.1, 0.15) is 39.7 Å². The SMILES string of the molecule is CCC(C)Oc1cc(CNC(C)C)c(Cl)cn1. The van der Waals surface area contributed by atoms with Crippen molar-refractivity contribution in [1.29, 1.82) is 0 Å². The van der Waals surface area contributed by atoms with E-state index in [0.717, 1.165) is 18.5 Å². The van der Waals surface area contributed by atoms with Crippen LogP contribution in [-0.2, 0) is 6.54 Å². The minimum atomic E-state index is 0.176. The summed E-state index contributed by atoms with van der Waals surface area (Å²) >= 11 is 6.09. The Morgan fingerprint density at radius 1 is 1.41 bits per heavy atom. The molecule has 0 saturated heterocycles. The van der Waals surface area contributed by atoms with Gasteiger partial charge in [-0.05, 0) is 18.9 Å². The molecule has 1 aromatic heterocycles. The number of pyridine rings is 1. The van der Waals surface area contributed by atoms with E-state index in [-0.39, 0.29) is 6.10 Å². The van der Waals surface area contributed by atoms with Crippen molar-refractivity contribution in [2.75, 3.05) is 0 Å². The van der Waals surface area contributed by atoms with Crippen molar-refractivity contribution in [2.45, 2.75) is 52.8 Å². The summed E-state index contributed by atoms with van der Waals surface area (Å²) in [6.07, 6.45) is 2.79. The summed E-state index contributed by atoms with van der Waals surface area (Å²) in [4.78, 5) is 4.17. The fraction of sp³-hybridized carbons (Fsp3) is 0.615. The van der Waals surface area contributed by atoms with Crippen molar-refractivity contribution in [3.8, 4) is 5.88 Å². The van der Waals surface area contributed by atoms with Gasteiger partial charge in [-0.3, -0.25) is 0 Å². The second-order valence-electron chi connectivity index (χ2n) is 4.49. The number of hydrogen-bond donors (Lipinski definition) is 1. The predicted molar refractivity (Wildman–Crippen MR) is 71.6 cm³/mol. The number of aromatic nitrogens is 1. The lowest BCUT2D eigenvalue weighted by atomic mass is 10.2. The molecular weight excluding hydrogens is 236 g/mol. The second-order valence-corrected chi connectivity index (χ2v) is 4.89. The minimum Gasteiger partial charge on any atom is -0.475 e. The van der Waals surface area contributed by atoms with E-state index in [1.807, 2.05) is 13.0 Å². The molecular formula is C13H21ClN2O. The van der Waals surface area contributed by atoms with E-state index < -0.39 is 0 Å². The van der Waals surface area contributed by atoms with E-state index in [1.54, 1.807) is 6.20 Å². The monoisotopic (exact) mass is 256 g/mol. The summed E-state index contributed by atoms with van der Waals surface area (Å²) < 4.78 is 5.67. The van der Waals surface area contributed by atoms with Crippen LogP contribution in [0.3, 0.4) is 0 Å². The van der Waals surface area contributed by atoms with Gasteiger partial charge in [-0.25, -0.2) is 4.98 Å². The van der Waals surface area contributed by atoms with Gasteiger partial charge in [0.25, 0.3) is 0 Å². The van der Waals surface area contributed by atoms with Crippen molar-refractivity contribution in [3.63, 3.8) is 0 Å². The third-order valence-electron chi connectivity index (χ3n) is 2.51. The molecule has 0 aromatic carbocycles. The Kier molecular flexibility index (Phi) is 5.72. The van der Waals surface area contributed by atoms with Gasteiger partial charge >= 0.3 is 0 Å². The number of rotatable bonds is 6. The molecule has 0 saturated carbocycles. The molecule has 0 aliphatic heterocycles. The molecule has 3 nitrogen and oxygen atoms in total. The topological polar surface area (TPSA) is 34.1 Å². The van der Waals surface area contributed by atoms with E-state index in [4.69, 9.17) is 16.3 Å². The third kappa shape index (κ3) is 4.92. The summed E-state index contributed by atoms with van der Waals surface area (Å²) in [5.41, 5.74) is 1.02. The molecule has 96 valence electrons. The van der Waals surface area contributed by atoms with Crippen LogP contribution in [0.25, 0.3) is 0 Å². The molecule has 4 heteroatoms. The highest BCUT2D eigenvalue weighted by Gasteiger charge is 2.07. The number of hydrogen-bond acceptors (Lipinski definition) is 3. The van der Waals surface area contributed by atoms with Crippen molar-refractivity contribution >= 4 is 11.6 Å². The van der Waals surface area contributed by atoms with Crippen molar-refractivity contribution in [1.82, 2.24) is 10.3 Å².